The molecule has 126 valence electrons. The number of hydrogen-bond acceptors (Lipinski definition) is 4. The van der Waals surface area contributed by atoms with E-state index < -0.39 is 0 Å². The summed E-state index contributed by atoms with van der Waals surface area (Å²) in [4.78, 5) is 18.9. The maximum absolute atomic E-state index is 12.5. The van der Waals surface area contributed by atoms with Crippen LogP contribution in [-0.4, -0.2) is 36.0 Å². The Morgan fingerprint density at radius 2 is 1.88 bits per heavy atom. The minimum atomic E-state index is 0.0845. The number of amides is 1. The number of nitrogens with one attached hydrogen (secondary N) is 1. The lowest BCUT2D eigenvalue weighted by Gasteiger charge is -2.26. The number of carbonyl (C=O) groups excluding carboxylic acids is 1. The van der Waals surface area contributed by atoms with Gasteiger partial charge in [-0.25, -0.2) is 4.98 Å². The smallest absolute Gasteiger partial charge is 0.255 e. The molecule has 0 unspecified atom stereocenters. The first-order chi connectivity index (χ1) is 11.7. The van der Waals surface area contributed by atoms with E-state index in [0.717, 1.165) is 48.7 Å². The number of likely N-dealkylation sites (tertiary alicyclic amines) is 1. The molecule has 1 aliphatic heterocycles. The Hall–Kier alpha value is -2.56. The molecule has 1 N–H and O–H groups in total. The zero-order valence-corrected chi connectivity index (χ0v) is 14.2. The van der Waals surface area contributed by atoms with Gasteiger partial charge in [-0.2, -0.15) is 0 Å². The molecule has 1 aromatic carbocycles. The normalized spacial score (nSPS) is 14.3. The van der Waals surface area contributed by atoms with Crippen molar-refractivity contribution in [3.63, 3.8) is 0 Å². The van der Waals surface area contributed by atoms with Gasteiger partial charge in [0.15, 0.2) is 0 Å². The topological polar surface area (TPSA) is 54.5 Å². The number of hydrogen-bond donors (Lipinski definition) is 1. The summed E-state index contributed by atoms with van der Waals surface area (Å²) in [6.45, 7) is 3.67. The Kier molecular flexibility index (Phi) is 4.99. The molecule has 0 aliphatic carbocycles. The number of aromatic nitrogens is 1. The van der Waals surface area contributed by atoms with Crippen LogP contribution in [0.5, 0.6) is 5.75 Å². The van der Waals surface area contributed by atoms with Crippen LogP contribution in [0.3, 0.4) is 0 Å². The van der Waals surface area contributed by atoms with E-state index in [9.17, 15) is 4.79 Å². The number of nitrogens with zero attached hydrogens (tertiary/aromatic N) is 2. The van der Waals surface area contributed by atoms with Gasteiger partial charge in [0, 0.05) is 25.0 Å². The van der Waals surface area contributed by atoms with Crippen molar-refractivity contribution in [1.29, 1.82) is 0 Å². The van der Waals surface area contributed by atoms with Gasteiger partial charge in [0.05, 0.1) is 12.7 Å². The third kappa shape index (κ3) is 3.67. The van der Waals surface area contributed by atoms with Crippen LogP contribution in [-0.2, 0) is 0 Å². The molecule has 3 rings (SSSR count). The Morgan fingerprint density at radius 3 is 2.50 bits per heavy atom. The fourth-order valence-corrected chi connectivity index (χ4v) is 2.91. The lowest BCUT2D eigenvalue weighted by molar-refractivity contribution is 0.0724. The molecule has 1 aliphatic rings. The van der Waals surface area contributed by atoms with Gasteiger partial charge < -0.3 is 15.0 Å². The maximum Gasteiger partial charge on any atom is 0.255 e. The van der Waals surface area contributed by atoms with E-state index in [1.807, 2.05) is 42.2 Å². The van der Waals surface area contributed by atoms with Crippen molar-refractivity contribution in [2.75, 3.05) is 25.5 Å². The fraction of sp³-hybridized carbons (Fsp3) is 0.368. The molecule has 0 radical (unpaired) electrons. The highest BCUT2D eigenvalue weighted by Gasteiger charge is 2.19. The van der Waals surface area contributed by atoms with E-state index in [1.54, 1.807) is 13.3 Å². The summed E-state index contributed by atoms with van der Waals surface area (Å²) in [6.07, 6.45) is 5.06. The number of pyridine rings is 1. The second kappa shape index (κ2) is 7.34. The van der Waals surface area contributed by atoms with Crippen LogP contribution in [0, 0.1) is 6.92 Å². The van der Waals surface area contributed by atoms with E-state index in [2.05, 4.69) is 10.3 Å². The summed E-state index contributed by atoms with van der Waals surface area (Å²) in [5.74, 6) is 1.66. The van der Waals surface area contributed by atoms with Gasteiger partial charge in [-0.3, -0.25) is 4.79 Å². The van der Waals surface area contributed by atoms with Gasteiger partial charge in [0.25, 0.3) is 5.91 Å². The van der Waals surface area contributed by atoms with Crippen molar-refractivity contribution in [3.8, 4) is 5.75 Å². The Bertz CT molecular complexity index is 707. The monoisotopic (exact) mass is 325 g/mol. The molecule has 5 heteroatoms. The average Bonchev–Trinajstić information content (AvgIpc) is 2.64. The van der Waals surface area contributed by atoms with E-state index in [0.29, 0.717) is 5.56 Å². The molecular weight excluding hydrogens is 302 g/mol. The highest BCUT2D eigenvalue weighted by Crippen LogP contribution is 2.22. The number of aryl methyl sites for hydroxylation is 1. The average molecular weight is 325 g/mol. The molecule has 2 aromatic rings. The van der Waals surface area contributed by atoms with E-state index in [4.69, 9.17) is 4.74 Å². The summed E-state index contributed by atoms with van der Waals surface area (Å²) >= 11 is 0. The van der Waals surface area contributed by atoms with Gasteiger partial charge in [0.2, 0.25) is 0 Å². The first kappa shape index (κ1) is 16.3. The molecule has 0 saturated carbocycles. The predicted octanol–water partition coefficient (Wildman–Crippen LogP) is 3.77. The first-order valence-corrected chi connectivity index (χ1v) is 8.34. The second-order valence-electron chi connectivity index (χ2n) is 6.10. The summed E-state index contributed by atoms with van der Waals surface area (Å²) in [5, 5.41) is 3.28. The minimum Gasteiger partial charge on any atom is -0.497 e. The van der Waals surface area contributed by atoms with Crippen LogP contribution in [0.15, 0.2) is 36.5 Å². The Morgan fingerprint density at radius 1 is 1.17 bits per heavy atom. The van der Waals surface area contributed by atoms with Gasteiger partial charge in [-0.15, -0.1) is 0 Å². The molecular formula is C19H23N3O2. The van der Waals surface area contributed by atoms with Crippen LogP contribution >= 0.6 is 0 Å². The SMILES string of the molecule is COc1ccc(Nc2ncc(C(=O)N3CCCCC3)cc2C)cc1. The minimum absolute atomic E-state index is 0.0845. The molecule has 1 fully saturated rings. The van der Waals surface area contributed by atoms with Crippen molar-refractivity contribution in [1.82, 2.24) is 9.88 Å². The van der Waals surface area contributed by atoms with E-state index >= 15 is 0 Å². The second-order valence-corrected chi connectivity index (χ2v) is 6.10. The molecule has 1 aromatic heterocycles. The lowest BCUT2D eigenvalue weighted by atomic mass is 10.1. The number of rotatable bonds is 4. The Balaban J connectivity index is 1.72. The standard InChI is InChI=1S/C19H23N3O2/c1-14-12-15(19(23)22-10-4-3-5-11-22)13-20-18(14)21-16-6-8-17(24-2)9-7-16/h6-9,12-13H,3-5,10-11H2,1-2H3,(H,20,21). The third-order valence-electron chi connectivity index (χ3n) is 4.32. The van der Waals surface area contributed by atoms with Crippen LogP contribution < -0.4 is 10.1 Å². The third-order valence-corrected chi connectivity index (χ3v) is 4.32. The van der Waals surface area contributed by atoms with Gasteiger partial charge >= 0.3 is 0 Å². The number of anilines is 2. The van der Waals surface area contributed by atoms with Crippen LogP contribution in [0.2, 0.25) is 0 Å². The summed E-state index contributed by atoms with van der Waals surface area (Å²) in [5.41, 5.74) is 2.55. The van der Waals surface area contributed by atoms with Crippen molar-refractivity contribution >= 4 is 17.4 Å². The summed E-state index contributed by atoms with van der Waals surface area (Å²) in [6, 6.07) is 9.58. The van der Waals surface area contributed by atoms with E-state index in [1.165, 1.54) is 6.42 Å². The maximum atomic E-state index is 12.5. The molecule has 0 atom stereocenters. The van der Waals surface area contributed by atoms with Crippen molar-refractivity contribution in [2.24, 2.45) is 0 Å². The molecule has 2 heterocycles. The fourth-order valence-electron chi connectivity index (χ4n) is 2.91. The Labute approximate surface area is 142 Å². The first-order valence-electron chi connectivity index (χ1n) is 8.34. The van der Waals surface area contributed by atoms with Crippen molar-refractivity contribution < 1.29 is 9.53 Å². The molecule has 1 amide bonds. The summed E-state index contributed by atoms with van der Waals surface area (Å²) < 4.78 is 5.16. The largest absolute Gasteiger partial charge is 0.497 e. The van der Waals surface area contributed by atoms with Crippen molar-refractivity contribution in [2.45, 2.75) is 26.2 Å². The lowest BCUT2D eigenvalue weighted by Crippen LogP contribution is -2.35. The van der Waals surface area contributed by atoms with Crippen molar-refractivity contribution in [3.05, 3.63) is 47.7 Å². The molecule has 1 saturated heterocycles. The number of methoxy groups -OCH3 is 1. The zero-order chi connectivity index (χ0) is 16.9. The molecule has 5 nitrogen and oxygen atoms in total. The summed E-state index contributed by atoms with van der Waals surface area (Å²) in [7, 11) is 1.65. The number of benzene rings is 1. The van der Waals surface area contributed by atoms with Gasteiger partial charge in [-0.1, -0.05) is 0 Å². The van der Waals surface area contributed by atoms with Gasteiger partial charge in [-0.05, 0) is 62.1 Å². The van der Waals surface area contributed by atoms with Crippen LogP contribution in [0.1, 0.15) is 35.2 Å². The highest BCUT2D eigenvalue weighted by atomic mass is 16.5. The molecule has 0 bridgehead atoms. The molecule has 24 heavy (non-hydrogen) atoms. The van der Waals surface area contributed by atoms with E-state index in [-0.39, 0.29) is 5.91 Å². The number of piperidine rings is 1. The highest BCUT2D eigenvalue weighted by molar-refractivity contribution is 5.94. The van der Waals surface area contributed by atoms with Crippen LogP contribution in [0.4, 0.5) is 11.5 Å². The zero-order valence-electron chi connectivity index (χ0n) is 14.2. The van der Waals surface area contributed by atoms with Gasteiger partial charge in [0.1, 0.15) is 11.6 Å². The molecule has 0 spiro atoms. The predicted molar refractivity (Wildman–Crippen MR) is 95.0 cm³/mol. The number of carbonyl (C=O) groups is 1. The number of ether oxygens (including phenoxy) is 1. The van der Waals surface area contributed by atoms with Crippen LogP contribution in [0.25, 0.3) is 0 Å². The quantitative estimate of drug-likeness (QED) is 0.930.